The van der Waals surface area contributed by atoms with E-state index >= 15 is 0 Å². The molecule has 1 aromatic rings. The van der Waals surface area contributed by atoms with Crippen LogP contribution in [0.3, 0.4) is 0 Å². The molecule has 1 N–H and O–H groups in total. The van der Waals surface area contributed by atoms with Gasteiger partial charge in [-0.25, -0.2) is 4.98 Å². The molecule has 0 atom stereocenters. The van der Waals surface area contributed by atoms with Crippen molar-refractivity contribution in [2.45, 2.75) is 6.42 Å². The highest BCUT2D eigenvalue weighted by Crippen LogP contribution is 2.24. The maximum absolute atomic E-state index is 10.5. The summed E-state index contributed by atoms with van der Waals surface area (Å²) in [6.07, 6.45) is -0.306. The minimum atomic E-state index is -1.05. The number of nitrogens with zero attached hydrogens (tertiary/aromatic N) is 2. The molecule has 14 heavy (non-hydrogen) atoms. The van der Waals surface area contributed by atoms with Gasteiger partial charge in [0.25, 0.3) is 0 Å². The molecule has 0 bridgehead atoms. The van der Waals surface area contributed by atoms with Crippen LogP contribution in [0.4, 0.5) is 0 Å². The molecule has 0 unspecified atom stereocenters. The lowest BCUT2D eigenvalue weighted by Crippen LogP contribution is -2.06. The van der Waals surface area contributed by atoms with Gasteiger partial charge in [0.15, 0.2) is 0 Å². The predicted molar refractivity (Wildman–Crippen MR) is 49.9 cm³/mol. The fourth-order valence-corrected chi connectivity index (χ4v) is 1.31. The van der Waals surface area contributed by atoms with Gasteiger partial charge in [-0.1, -0.05) is 11.6 Å². The zero-order valence-electron chi connectivity index (χ0n) is 7.12. The van der Waals surface area contributed by atoms with Crippen LogP contribution in [-0.2, 0) is 11.2 Å². The summed E-state index contributed by atoms with van der Waals surface area (Å²) in [6, 6.07) is 0. The lowest BCUT2D eigenvalue weighted by atomic mass is 10.2. The molecule has 76 valence electrons. The maximum atomic E-state index is 10.5. The van der Waals surface area contributed by atoms with Crippen molar-refractivity contribution in [1.29, 1.82) is 0 Å². The van der Waals surface area contributed by atoms with Gasteiger partial charge >= 0.3 is 5.97 Å². The third-order valence-electron chi connectivity index (χ3n) is 1.41. The predicted octanol–water partition coefficient (Wildman–Crippen LogP) is 1.42. The number of halogens is 2. The average molecular weight is 237 g/mol. The Morgan fingerprint density at radius 1 is 1.50 bits per heavy atom. The fourth-order valence-electron chi connectivity index (χ4n) is 0.882. The van der Waals surface area contributed by atoms with E-state index in [1.54, 1.807) is 0 Å². The van der Waals surface area contributed by atoms with Gasteiger partial charge in [-0.15, -0.1) is 0 Å². The van der Waals surface area contributed by atoms with E-state index in [-0.39, 0.29) is 28.3 Å². The average Bonchev–Trinajstić information content (AvgIpc) is 2.08. The summed E-state index contributed by atoms with van der Waals surface area (Å²) in [5, 5.41) is 8.49. The van der Waals surface area contributed by atoms with Gasteiger partial charge in [-0.05, 0) is 11.6 Å². The van der Waals surface area contributed by atoms with Crippen LogP contribution >= 0.6 is 23.2 Å². The molecule has 1 rings (SSSR count). The number of rotatable bonds is 3. The van der Waals surface area contributed by atoms with E-state index in [4.69, 9.17) is 33.0 Å². The van der Waals surface area contributed by atoms with Crippen molar-refractivity contribution < 1.29 is 14.6 Å². The second-order valence-corrected chi connectivity index (χ2v) is 3.04. The molecule has 7 heteroatoms. The number of hydrogen-bond donors (Lipinski definition) is 1. The highest BCUT2D eigenvalue weighted by molar-refractivity contribution is 6.32. The number of methoxy groups -OCH3 is 1. The molecule has 0 fully saturated rings. The Balaban J connectivity index is 3.18. The second-order valence-electron chi connectivity index (χ2n) is 2.34. The van der Waals surface area contributed by atoms with E-state index in [1.807, 2.05) is 0 Å². The van der Waals surface area contributed by atoms with Crippen molar-refractivity contribution in [3.8, 4) is 5.88 Å². The lowest BCUT2D eigenvalue weighted by Gasteiger charge is -2.06. The monoisotopic (exact) mass is 236 g/mol. The molecule has 0 aliphatic heterocycles. The first-order chi connectivity index (χ1) is 6.54. The van der Waals surface area contributed by atoms with Crippen LogP contribution in [-0.4, -0.2) is 28.2 Å². The molecule has 1 aromatic heterocycles. The van der Waals surface area contributed by atoms with Crippen LogP contribution in [0.15, 0.2) is 0 Å². The Kier molecular flexibility index (Phi) is 3.49. The smallest absolute Gasteiger partial charge is 0.308 e. The van der Waals surface area contributed by atoms with Crippen LogP contribution in [0.1, 0.15) is 5.56 Å². The van der Waals surface area contributed by atoms with E-state index in [2.05, 4.69) is 9.97 Å². The van der Waals surface area contributed by atoms with Crippen LogP contribution in [0, 0.1) is 0 Å². The summed E-state index contributed by atoms with van der Waals surface area (Å²) in [4.78, 5) is 17.8. The first-order valence-corrected chi connectivity index (χ1v) is 4.28. The molecule has 0 spiro atoms. The highest BCUT2D eigenvalue weighted by Gasteiger charge is 2.15. The normalized spacial score (nSPS) is 9.93. The molecule has 0 amide bonds. The van der Waals surface area contributed by atoms with Gasteiger partial charge in [0.2, 0.25) is 11.2 Å². The van der Waals surface area contributed by atoms with Gasteiger partial charge < -0.3 is 9.84 Å². The third kappa shape index (κ3) is 2.46. The minimum Gasteiger partial charge on any atom is -0.481 e. The highest BCUT2D eigenvalue weighted by atomic mass is 35.5. The van der Waals surface area contributed by atoms with Crippen molar-refractivity contribution in [1.82, 2.24) is 9.97 Å². The standard InChI is InChI=1S/C7H6Cl2N2O3/c1-14-6-3(2-4(12)13)5(8)10-7(9)11-6/h2H2,1H3,(H,12,13). The van der Waals surface area contributed by atoms with Gasteiger partial charge in [0.1, 0.15) is 5.15 Å². The zero-order valence-corrected chi connectivity index (χ0v) is 8.63. The van der Waals surface area contributed by atoms with Crippen molar-refractivity contribution >= 4 is 29.2 Å². The first kappa shape index (κ1) is 11.0. The molecule has 0 aromatic carbocycles. The maximum Gasteiger partial charge on any atom is 0.308 e. The minimum absolute atomic E-state index is 0.00995. The largest absolute Gasteiger partial charge is 0.481 e. The second kappa shape index (κ2) is 4.43. The number of carboxylic acids is 1. The van der Waals surface area contributed by atoms with Crippen molar-refractivity contribution in [2.24, 2.45) is 0 Å². The first-order valence-electron chi connectivity index (χ1n) is 3.52. The van der Waals surface area contributed by atoms with E-state index in [1.165, 1.54) is 7.11 Å². The summed E-state index contributed by atoms with van der Waals surface area (Å²) in [5.41, 5.74) is 0.214. The topological polar surface area (TPSA) is 72.3 Å². The fraction of sp³-hybridized carbons (Fsp3) is 0.286. The van der Waals surface area contributed by atoms with E-state index in [9.17, 15) is 4.79 Å². The molecule has 1 heterocycles. The number of carboxylic acid groups (broad SMARTS) is 1. The molecule has 0 saturated heterocycles. The van der Waals surface area contributed by atoms with Crippen LogP contribution < -0.4 is 4.74 Å². The summed E-state index contributed by atoms with van der Waals surface area (Å²) >= 11 is 11.2. The Hall–Kier alpha value is -1.07. The van der Waals surface area contributed by atoms with Gasteiger partial charge in [0, 0.05) is 0 Å². The van der Waals surface area contributed by atoms with Crippen molar-refractivity contribution in [3.05, 3.63) is 16.0 Å². The van der Waals surface area contributed by atoms with Gasteiger partial charge in [-0.3, -0.25) is 4.79 Å². The molecule has 0 saturated carbocycles. The molecule has 0 radical (unpaired) electrons. The van der Waals surface area contributed by atoms with Crippen LogP contribution in [0.5, 0.6) is 5.88 Å². The quantitative estimate of drug-likeness (QED) is 0.635. The molecule has 5 nitrogen and oxygen atoms in total. The molecule has 0 aliphatic carbocycles. The molecular formula is C7H6Cl2N2O3. The summed E-state index contributed by atoms with van der Waals surface area (Å²) in [6.45, 7) is 0. The number of carbonyl (C=O) groups is 1. The van der Waals surface area contributed by atoms with Crippen molar-refractivity contribution in [2.75, 3.05) is 7.11 Å². The summed E-state index contributed by atoms with van der Waals surface area (Å²) in [7, 11) is 1.35. The van der Waals surface area contributed by atoms with Crippen LogP contribution in [0.2, 0.25) is 10.4 Å². The number of hydrogen-bond acceptors (Lipinski definition) is 4. The van der Waals surface area contributed by atoms with Crippen LogP contribution in [0.25, 0.3) is 0 Å². The summed E-state index contributed by atoms with van der Waals surface area (Å²) in [5.74, 6) is -0.964. The zero-order chi connectivity index (χ0) is 10.7. The number of ether oxygens (including phenoxy) is 1. The van der Waals surface area contributed by atoms with E-state index in [0.717, 1.165) is 0 Å². The van der Waals surface area contributed by atoms with E-state index in [0.29, 0.717) is 0 Å². The third-order valence-corrected chi connectivity index (χ3v) is 1.89. The van der Waals surface area contributed by atoms with E-state index < -0.39 is 5.97 Å². The molecular weight excluding hydrogens is 231 g/mol. The SMILES string of the molecule is COc1nc(Cl)nc(Cl)c1CC(=O)O. The Morgan fingerprint density at radius 2 is 2.14 bits per heavy atom. The molecule has 0 aliphatic rings. The Morgan fingerprint density at radius 3 is 2.64 bits per heavy atom. The van der Waals surface area contributed by atoms with Gasteiger partial charge in [0.05, 0.1) is 19.1 Å². The van der Waals surface area contributed by atoms with Crippen molar-refractivity contribution in [3.63, 3.8) is 0 Å². The Labute approximate surface area is 89.6 Å². The lowest BCUT2D eigenvalue weighted by molar-refractivity contribution is -0.136. The summed E-state index contributed by atoms with van der Waals surface area (Å²) < 4.78 is 4.82. The number of aromatic nitrogens is 2. The van der Waals surface area contributed by atoms with Gasteiger partial charge in [-0.2, -0.15) is 4.98 Å². The Bertz CT molecular complexity index is 370. The number of aliphatic carboxylic acids is 1.